The number of thiol groups is 1. The number of thioether (sulfide) groups is 1. The SMILES string of the molecule is CCSC(=NCCS)NN. The minimum Gasteiger partial charge on any atom is -0.303 e. The number of hydrazine groups is 1. The van der Waals surface area contributed by atoms with Crippen molar-refractivity contribution < 1.29 is 0 Å². The van der Waals surface area contributed by atoms with E-state index in [2.05, 4.69) is 30.0 Å². The number of hydrogen-bond donors (Lipinski definition) is 3. The molecule has 0 atom stereocenters. The molecule has 0 fully saturated rings. The predicted molar refractivity (Wildman–Crippen MR) is 51.6 cm³/mol. The molecule has 0 aromatic rings. The summed E-state index contributed by atoms with van der Waals surface area (Å²) in [6.07, 6.45) is 0. The lowest BCUT2D eigenvalue weighted by Gasteiger charge is -2.00. The lowest BCUT2D eigenvalue weighted by molar-refractivity contribution is 1.02. The second-order valence-electron chi connectivity index (χ2n) is 1.49. The summed E-state index contributed by atoms with van der Waals surface area (Å²) in [6.45, 7) is 2.77. The van der Waals surface area contributed by atoms with Crippen LogP contribution in [0.25, 0.3) is 0 Å². The molecule has 0 aromatic carbocycles. The fourth-order valence-corrected chi connectivity index (χ4v) is 1.06. The van der Waals surface area contributed by atoms with Crippen LogP contribution in [0.15, 0.2) is 4.99 Å². The molecule has 0 saturated carbocycles. The topological polar surface area (TPSA) is 50.4 Å². The van der Waals surface area contributed by atoms with Gasteiger partial charge in [-0.3, -0.25) is 4.99 Å². The summed E-state index contributed by atoms with van der Waals surface area (Å²) in [6, 6.07) is 0. The summed E-state index contributed by atoms with van der Waals surface area (Å²) in [7, 11) is 0. The summed E-state index contributed by atoms with van der Waals surface area (Å²) in [5.74, 6) is 6.91. The summed E-state index contributed by atoms with van der Waals surface area (Å²) in [5, 5.41) is 0.788. The smallest absolute Gasteiger partial charge is 0.170 e. The van der Waals surface area contributed by atoms with Crippen molar-refractivity contribution in [3.8, 4) is 0 Å². The van der Waals surface area contributed by atoms with Gasteiger partial charge in [0.1, 0.15) is 0 Å². The zero-order chi connectivity index (χ0) is 7.82. The average Bonchev–Trinajstić information content (AvgIpc) is 1.98. The van der Waals surface area contributed by atoms with Gasteiger partial charge in [-0.05, 0) is 5.75 Å². The number of nitrogens with two attached hydrogens (primary N) is 1. The molecule has 5 heteroatoms. The van der Waals surface area contributed by atoms with E-state index in [1.54, 1.807) is 11.8 Å². The molecule has 10 heavy (non-hydrogen) atoms. The molecule has 0 aromatic heterocycles. The van der Waals surface area contributed by atoms with Crippen molar-refractivity contribution in [3.63, 3.8) is 0 Å². The van der Waals surface area contributed by atoms with Gasteiger partial charge in [0.2, 0.25) is 0 Å². The van der Waals surface area contributed by atoms with Crippen LogP contribution < -0.4 is 11.3 Å². The van der Waals surface area contributed by atoms with Crippen molar-refractivity contribution in [2.75, 3.05) is 18.1 Å². The van der Waals surface area contributed by atoms with Gasteiger partial charge in [0.15, 0.2) is 5.17 Å². The first-order valence-corrected chi connectivity index (χ1v) is 4.71. The Kier molecular flexibility index (Phi) is 7.33. The van der Waals surface area contributed by atoms with Gasteiger partial charge in [-0.1, -0.05) is 18.7 Å². The van der Waals surface area contributed by atoms with Crippen LogP contribution in [0.5, 0.6) is 0 Å². The van der Waals surface area contributed by atoms with Crippen LogP contribution in [0, 0.1) is 0 Å². The Labute approximate surface area is 71.2 Å². The van der Waals surface area contributed by atoms with Crippen molar-refractivity contribution in [1.82, 2.24) is 5.43 Å². The maximum atomic E-state index is 5.17. The fraction of sp³-hybridized carbons (Fsp3) is 0.800. The van der Waals surface area contributed by atoms with Crippen molar-refractivity contribution >= 4 is 29.6 Å². The van der Waals surface area contributed by atoms with Gasteiger partial charge in [0.05, 0.1) is 6.54 Å². The zero-order valence-corrected chi connectivity index (χ0v) is 7.71. The molecule has 0 spiro atoms. The Morgan fingerprint density at radius 2 is 2.50 bits per heavy atom. The molecule has 0 radical (unpaired) electrons. The van der Waals surface area contributed by atoms with Gasteiger partial charge in [0.25, 0.3) is 0 Å². The molecule has 0 bridgehead atoms. The molecule has 0 aliphatic heterocycles. The number of nitrogens with one attached hydrogen (secondary N) is 1. The third-order valence-corrected chi connectivity index (χ3v) is 1.77. The Hall–Kier alpha value is 0.130. The Balaban J connectivity index is 3.55. The van der Waals surface area contributed by atoms with Crippen molar-refractivity contribution in [3.05, 3.63) is 0 Å². The monoisotopic (exact) mass is 179 g/mol. The molecule has 3 N–H and O–H groups in total. The van der Waals surface area contributed by atoms with Crippen molar-refractivity contribution in [2.24, 2.45) is 10.8 Å². The highest BCUT2D eigenvalue weighted by Gasteiger charge is 1.91. The van der Waals surface area contributed by atoms with E-state index in [1.807, 2.05) is 0 Å². The summed E-state index contributed by atoms with van der Waals surface area (Å²) in [5.41, 5.74) is 2.52. The van der Waals surface area contributed by atoms with E-state index in [4.69, 9.17) is 5.84 Å². The second-order valence-corrected chi connectivity index (χ2v) is 3.19. The zero-order valence-electron chi connectivity index (χ0n) is 6.00. The van der Waals surface area contributed by atoms with Gasteiger partial charge in [-0.25, -0.2) is 5.84 Å². The fourth-order valence-electron chi connectivity index (χ4n) is 0.421. The van der Waals surface area contributed by atoms with E-state index in [0.717, 1.165) is 23.2 Å². The molecule has 3 nitrogen and oxygen atoms in total. The van der Waals surface area contributed by atoms with Crippen LogP contribution in [0.2, 0.25) is 0 Å². The lowest BCUT2D eigenvalue weighted by atomic mass is 10.8. The van der Waals surface area contributed by atoms with Gasteiger partial charge in [0, 0.05) is 5.75 Å². The van der Waals surface area contributed by atoms with Crippen molar-refractivity contribution in [2.45, 2.75) is 6.92 Å². The normalized spacial score (nSPS) is 11.7. The van der Waals surface area contributed by atoms with E-state index in [-0.39, 0.29) is 0 Å². The Morgan fingerprint density at radius 3 is 2.90 bits per heavy atom. The van der Waals surface area contributed by atoms with Crippen LogP contribution in [0.1, 0.15) is 6.92 Å². The van der Waals surface area contributed by atoms with E-state index in [9.17, 15) is 0 Å². The maximum absolute atomic E-state index is 5.17. The number of amidine groups is 1. The van der Waals surface area contributed by atoms with Crippen molar-refractivity contribution in [1.29, 1.82) is 0 Å². The molecular weight excluding hydrogens is 166 g/mol. The molecule has 0 unspecified atom stereocenters. The molecule has 0 rings (SSSR count). The van der Waals surface area contributed by atoms with Gasteiger partial charge in [-0.15, -0.1) is 0 Å². The van der Waals surface area contributed by atoms with Crippen LogP contribution >= 0.6 is 24.4 Å². The molecule has 0 aliphatic carbocycles. The third-order valence-electron chi connectivity index (χ3n) is 0.760. The van der Waals surface area contributed by atoms with Crippen LogP contribution in [0.4, 0.5) is 0 Å². The number of rotatable bonds is 3. The minimum atomic E-state index is 0.718. The maximum Gasteiger partial charge on any atom is 0.170 e. The number of aliphatic imine (C=N–C) groups is 1. The first-order valence-electron chi connectivity index (χ1n) is 3.09. The van der Waals surface area contributed by atoms with Crippen LogP contribution in [-0.4, -0.2) is 23.2 Å². The Morgan fingerprint density at radius 1 is 1.80 bits per heavy atom. The molecule has 0 aliphatic rings. The first kappa shape index (κ1) is 10.1. The average molecular weight is 179 g/mol. The summed E-state index contributed by atoms with van der Waals surface area (Å²) >= 11 is 5.61. The minimum absolute atomic E-state index is 0.718. The van der Waals surface area contributed by atoms with E-state index >= 15 is 0 Å². The highest BCUT2D eigenvalue weighted by Crippen LogP contribution is 1.98. The van der Waals surface area contributed by atoms with Gasteiger partial charge in [-0.2, -0.15) is 12.6 Å². The standard InChI is InChI=1S/C5H13N3S2/c1-2-10-5(8-6)7-3-4-9/h9H,2-4,6H2,1H3,(H,7,8). The second kappa shape index (κ2) is 7.24. The lowest BCUT2D eigenvalue weighted by Crippen LogP contribution is -2.28. The molecule has 60 valence electrons. The van der Waals surface area contributed by atoms with Gasteiger partial charge >= 0.3 is 0 Å². The quantitative estimate of drug-likeness (QED) is 0.194. The van der Waals surface area contributed by atoms with E-state index < -0.39 is 0 Å². The number of hydrogen-bond acceptors (Lipinski definition) is 4. The highest BCUT2D eigenvalue weighted by atomic mass is 32.2. The summed E-state index contributed by atoms with van der Waals surface area (Å²) in [4.78, 5) is 4.12. The summed E-state index contributed by atoms with van der Waals surface area (Å²) < 4.78 is 0. The van der Waals surface area contributed by atoms with E-state index in [0.29, 0.717) is 0 Å². The molecule has 0 heterocycles. The van der Waals surface area contributed by atoms with E-state index in [1.165, 1.54) is 0 Å². The molecule has 0 amide bonds. The largest absolute Gasteiger partial charge is 0.303 e. The third kappa shape index (κ3) is 4.96. The molecular formula is C5H13N3S2. The van der Waals surface area contributed by atoms with Crippen LogP contribution in [-0.2, 0) is 0 Å². The van der Waals surface area contributed by atoms with Gasteiger partial charge < -0.3 is 5.43 Å². The van der Waals surface area contributed by atoms with Crippen LogP contribution in [0.3, 0.4) is 0 Å². The number of nitrogens with zero attached hydrogens (tertiary/aromatic N) is 1. The molecule has 0 saturated heterocycles. The highest BCUT2D eigenvalue weighted by molar-refractivity contribution is 8.13. The Bertz CT molecular complexity index is 105. The first-order chi connectivity index (χ1) is 4.85. The predicted octanol–water partition coefficient (Wildman–Crippen LogP) is 0.489.